The first-order chi connectivity index (χ1) is 9.04. The van der Waals surface area contributed by atoms with Crippen molar-refractivity contribution in [2.45, 2.75) is 37.1 Å². The minimum Gasteiger partial charge on any atom is -0.271 e. The molecule has 0 amide bonds. The molecule has 1 aromatic rings. The highest BCUT2D eigenvalue weighted by Gasteiger charge is 2.27. The monoisotopic (exact) mass is 283 g/mol. The third kappa shape index (κ3) is 3.33. The average molecular weight is 283 g/mol. The quantitative estimate of drug-likeness (QED) is 0.641. The van der Waals surface area contributed by atoms with Gasteiger partial charge in [0.25, 0.3) is 0 Å². The van der Waals surface area contributed by atoms with Crippen LogP contribution in [-0.2, 0) is 10.0 Å². The van der Waals surface area contributed by atoms with Crippen LogP contribution >= 0.6 is 0 Å². The van der Waals surface area contributed by atoms with Gasteiger partial charge in [0.15, 0.2) is 0 Å². The van der Waals surface area contributed by atoms with Gasteiger partial charge in [-0.25, -0.2) is 8.42 Å². The molecule has 1 aliphatic heterocycles. The van der Waals surface area contributed by atoms with Crippen LogP contribution in [0.2, 0.25) is 0 Å². The number of rotatable bonds is 3. The standard InChI is InChI=1S/C13H21N3O2S/c1-11-4-6-13(7-5-11)19(17,18)16-9-2-3-12(15-14)8-10-16/h4-7,12,15H,2-3,8-10,14H2,1H3. The number of benzene rings is 1. The Morgan fingerprint density at radius 3 is 2.53 bits per heavy atom. The maximum Gasteiger partial charge on any atom is 0.243 e. The molecule has 19 heavy (non-hydrogen) atoms. The van der Waals surface area contributed by atoms with Crippen molar-refractivity contribution in [1.29, 1.82) is 0 Å². The first-order valence-corrected chi connectivity index (χ1v) is 8.01. The van der Waals surface area contributed by atoms with E-state index < -0.39 is 10.0 Å². The van der Waals surface area contributed by atoms with Crippen LogP contribution in [-0.4, -0.2) is 31.9 Å². The van der Waals surface area contributed by atoms with Crippen molar-refractivity contribution in [2.24, 2.45) is 5.84 Å². The van der Waals surface area contributed by atoms with E-state index in [2.05, 4.69) is 5.43 Å². The fourth-order valence-corrected chi connectivity index (χ4v) is 3.83. The molecule has 0 bridgehead atoms. The van der Waals surface area contributed by atoms with Gasteiger partial charge in [-0.3, -0.25) is 11.3 Å². The van der Waals surface area contributed by atoms with E-state index in [-0.39, 0.29) is 6.04 Å². The Morgan fingerprint density at radius 1 is 1.21 bits per heavy atom. The minimum atomic E-state index is -3.37. The predicted molar refractivity (Wildman–Crippen MR) is 74.9 cm³/mol. The lowest BCUT2D eigenvalue weighted by atomic mass is 10.1. The molecule has 1 unspecified atom stereocenters. The zero-order valence-electron chi connectivity index (χ0n) is 11.2. The Morgan fingerprint density at radius 2 is 1.89 bits per heavy atom. The fraction of sp³-hybridized carbons (Fsp3) is 0.538. The van der Waals surface area contributed by atoms with Crippen LogP contribution in [0.1, 0.15) is 24.8 Å². The molecule has 106 valence electrons. The molecule has 0 radical (unpaired) electrons. The van der Waals surface area contributed by atoms with Gasteiger partial charge in [0.2, 0.25) is 10.0 Å². The van der Waals surface area contributed by atoms with Crippen molar-refractivity contribution in [1.82, 2.24) is 9.73 Å². The number of nitrogens with two attached hydrogens (primary N) is 1. The molecule has 0 aliphatic carbocycles. The average Bonchev–Trinajstić information content (AvgIpc) is 2.65. The first-order valence-electron chi connectivity index (χ1n) is 6.57. The molecule has 1 aromatic carbocycles. The molecule has 5 nitrogen and oxygen atoms in total. The molecule has 0 saturated carbocycles. The Labute approximate surface area is 114 Å². The van der Waals surface area contributed by atoms with Gasteiger partial charge in [0.1, 0.15) is 0 Å². The molecule has 1 heterocycles. The molecule has 1 aliphatic rings. The zero-order chi connectivity index (χ0) is 13.9. The number of hydrazine groups is 1. The number of sulfonamides is 1. The normalized spacial score (nSPS) is 22.1. The molecule has 0 aromatic heterocycles. The van der Waals surface area contributed by atoms with Crippen LogP contribution < -0.4 is 11.3 Å². The van der Waals surface area contributed by atoms with Crippen LogP contribution in [0, 0.1) is 6.92 Å². The lowest BCUT2D eigenvalue weighted by molar-refractivity contribution is 0.415. The van der Waals surface area contributed by atoms with Crippen LogP contribution in [0.25, 0.3) is 0 Å². The fourth-order valence-electron chi connectivity index (χ4n) is 2.34. The van der Waals surface area contributed by atoms with E-state index in [1.165, 1.54) is 0 Å². The van der Waals surface area contributed by atoms with E-state index in [9.17, 15) is 8.42 Å². The third-order valence-corrected chi connectivity index (χ3v) is 5.49. The largest absolute Gasteiger partial charge is 0.271 e. The first kappa shape index (κ1) is 14.5. The van der Waals surface area contributed by atoms with Crippen molar-refractivity contribution in [3.63, 3.8) is 0 Å². The Hall–Kier alpha value is -0.950. The molecule has 6 heteroatoms. The topological polar surface area (TPSA) is 75.4 Å². The van der Waals surface area contributed by atoms with Gasteiger partial charge in [-0.1, -0.05) is 17.7 Å². The number of aryl methyl sites for hydroxylation is 1. The summed E-state index contributed by atoms with van der Waals surface area (Å²) >= 11 is 0. The van der Waals surface area contributed by atoms with Crippen LogP contribution in [0.4, 0.5) is 0 Å². The summed E-state index contributed by atoms with van der Waals surface area (Å²) in [6.45, 7) is 3.03. The molecule has 3 N–H and O–H groups in total. The van der Waals surface area contributed by atoms with Crippen molar-refractivity contribution in [3.8, 4) is 0 Å². The van der Waals surface area contributed by atoms with Crippen molar-refractivity contribution < 1.29 is 8.42 Å². The SMILES string of the molecule is Cc1ccc(S(=O)(=O)N2CCCC(NN)CC2)cc1. The van der Waals surface area contributed by atoms with Gasteiger partial charge in [0, 0.05) is 19.1 Å². The minimum absolute atomic E-state index is 0.207. The highest BCUT2D eigenvalue weighted by molar-refractivity contribution is 7.89. The van der Waals surface area contributed by atoms with Crippen LogP contribution in [0.5, 0.6) is 0 Å². The second-order valence-corrected chi connectivity index (χ2v) is 6.95. The van der Waals surface area contributed by atoms with E-state index in [1.807, 2.05) is 19.1 Å². The van der Waals surface area contributed by atoms with Crippen molar-refractivity contribution in [3.05, 3.63) is 29.8 Å². The van der Waals surface area contributed by atoms with E-state index >= 15 is 0 Å². The summed E-state index contributed by atoms with van der Waals surface area (Å²) in [5.74, 6) is 5.44. The highest BCUT2D eigenvalue weighted by atomic mass is 32.2. The van der Waals surface area contributed by atoms with E-state index in [0.717, 1.165) is 24.8 Å². The summed E-state index contributed by atoms with van der Waals surface area (Å²) in [4.78, 5) is 0.372. The summed E-state index contributed by atoms with van der Waals surface area (Å²) < 4.78 is 26.6. The lowest BCUT2D eigenvalue weighted by Gasteiger charge is -2.20. The van der Waals surface area contributed by atoms with Crippen LogP contribution in [0.15, 0.2) is 29.2 Å². The Kier molecular flexibility index (Phi) is 4.57. The lowest BCUT2D eigenvalue weighted by Crippen LogP contribution is -2.37. The molecular formula is C13H21N3O2S. The zero-order valence-corrected chi connectivity index (χ0v) is 12.0. The molecule has 1 atom stereocenters. The molecule has 1 saturated heterocycles. The van der Waals surface area contributed by atoms with Crippen molar-refractivity contribution >= 4 is 10.0 Å². The smallest absolute Gasteiger partial charge is 0.243 e. The molecule has 0 spiro atoms. The number of nitrogens with one attached hydrogen (secondary N) is 1. The summed E-state index contributed by atoms with van der Waals surface area (Å²) in [6.07, 6.45) is 2.50. The Balaban J connectivity index is 2.17. The summed E-state index contributed by atoms with van der Waals surface area (Å²) in [6, 6.07) is 7.21. The van der Waals surface area contributed by atoms with E-state index in [1.54, 1.807) is 16.4 Å². The van der Waals surface area contributed by atoms with E-state index in [4.69, 9.17) is 5.84 Å². The summed E-state index contributed by atoms with van der Waals surface area (Å²) in [5, 5.41) is 0. The molecular weight excluding hydrogens is 262 g/mol. The number of nitrogens with zero attached hydrogens (tertiary/aromatic N) is 1. The van der Waals surface area contributed by atoms with E-state index in [0.29, 0.717) is 18.0 Å². The van der Waals surface area contributed by atoms with Crippen molar-refractivity contribution in [2.75, 3.05) is 13.1 Å². The van der Waals surface area contributed by atoms with Crippen LogP contribution in [0.3, 0.4) is 0 Å². The van der Waals surface area contributed by atoms with Gasteiger partial charge < -0.3 is 0 Å². The third-order valence-electron chi connectivity index (χ3n) is 3.58. The molecule has 2 rings (SSSR count). The summed E-state index contributed by atoms with van der Waals surface area (Å²) in [5.41, 5.74) is 3.80. The van der Waals surface area contributed by atoms with Gasteiger partial charge in [0.05, 0.1) is 4.90 Å². The Bertz CT molecular complexity index is 513. The second-order valence-electron chi connectivity index (χ2n) is 5.01. The number of hydrogen-bond acceptors (Lipinski definition) is 4. The number of hydrogen-bond donors (Lipinski definition) is 2. The maximum atomic E-state index is 12.5. The second kappa shape index (κ2) is 6.00. The maximum absolute atomic E-state index is 12.5. The van der Waals surface area contributed by atoms with Gasteiger partial charge in [-0.2, -0.15) is 4.31 Å². The van der Waals surface area contributed by atoms with Gasteiger partial charge >= 0.3 is 0 Å². The predicted octanol–water partition coefficient (Wildman–Crippen LogP) is 1.00. The molecule has 1 fully saturated rings. The van der Waals surface area contributed by atoms with Gasteiger partial charge in [-0.05, 0) is 38.3 Å². The van der Waals surface area contributed by atoms with Gasteiger partial charge in [-0.15, -0.1) is 0 Å². The summed E-state index contributed by atoms with van der Waals surface area (Å²) in [7, 11) is -3.37. The highest BCUT2D eigenvalue weighted by Crippen LogP contribution is 2.20.